The van der Waals surface area contributed by atoms with E-state index in [0.29, 0.717) is 17.1 Å². The molecule has 0 fully saturated rings. The third-order valence-electron chi connectivity index (χ3n) is 2.59. The Morgan fingerprint density at radius 1 is 1.33 bits per heavy atom. The Labute approximate surface area is 103 Å². The van der Waals surface area contributed by atoms with E-state index < -0.39 is 6.43 Å². The van der Waals surface area contributed by atoms with E-state index in [9.17, 15) is 8.78 Å². The van der Waals surface area contributed by atoms with Crippen LogP contribution in [0.4, 0.5) is 25.8 Å². The monoisotopic (exact) mass is 252 g/mol. The number of nitrogens with one attached hydrogen (secondary N) is 1. The number of aryl methyl sites for hydroxylation is 2. The fourth-order valence-corrected chi connectivity index (χ4v) is 1.74. The van der Waals surface area contributed by atoms with Gasteiger partial charge in [-0.2, -0.15) is 5.10 Å². The van der Waals surface area contributed by atoms with Crippen molar-refractivity contribution in [1.82, 2.24) is 9.78 Å². The number of nitrogen functional groups attached to an aromatic ring is 1. The number of alkyl halides is 2. The number of benzene rings is 1. The highest BCUT2D eigenvalue weighted by Crippen LogP contribution is 2.31. The molecule has 0 saturated heterocycles. The summed E-state index contributed by atoms with van der Waals surface area (Å²) in [6.45, 7) is 1.81. The molecule has 0 bridgehead atoms. The first-order valence-corrected chi connectivity index (χ1v) is 5.42. The maximum absolute atomic E-state index is 12.9. The summed E-state index contributed by atoms with van der Waals surface area (Å²) in [6.07, 6.45) is -0.839. The smallest absolute Gasteiger partial charge is 0.265 e. The zero-order valence-corrected chi connectivity index (χ0v) is 10.1. The average Bonchev–Trinajstić information content (AvgIpc) is 2.60. The van der Waals surface area contributed by atoms with Gasteiger partial charge in [0, 0.05) is 30.2 Å². The first-order valence-electron chi connectivity index (χ1n) is 5.42. The second-order valence-corrected chi connectivity index (χ2v) is 4.07. The summed E-state index contributed by atoms with van der Waals surface area (Å²) in [5.41, 5.74) is 7.51. The van der Waals surface area contributed by atoms with Crippen LogP contribution in [0.15, 0.2) is 24.4 Å². The zero-order valence-electron chi connectivity index (χ0n) is 10.1. The summed E-state index contributed by atoms with van der Waals surface area (Å²) in [5, 5.41) is 7.09. The number of hydrogen-bond acceptors (Lipinski definition) is 3. The summed E-state index contributed by atoms with van der Waals surface area (Å²) in [4.78, 5) is 0. The molecule has 1 aromatic heterocycles. The Morgan fingerprint density at radius 2 is 2.06 bits per heavy atom. The molecule has 1 aromatic carbocycles. The van der Waals surface area contributed by atoms with Crippen molar-refractivity contribution in [2.45, 2.75) is 13.3 Å². The molecule has 3 N–H and O–H groups in total. The number of anilines is 3. The maximum Gasteiger partial charge on any atom is 0.265 e. The van der Waals surface area contributed by atoms with Crippen LogP contribution in [0.3, 0.4) is 0 Å². The first kappa shape index (κ1) is 12.3. The van der Waals surface area contributed by atoms with E-state index >= 15 is 0 Å². The molecule has 0 spiro atoms. The fraction of sp³-hybridized carbons (Fsp3) is 0.250. The van der Waals surface area contributed by atoms with E-state index in [2.05, 4.69) is 10.4 Å². The molecule has 96 valence electrons. The first-order chi connectivity index (χ1) is 8.47. The molecule has 0 amide bonds. The van der Waals surface area contributed by atoms with Crippen LogP contribution in [0.2, 0.25) is 0 Å². The van der Waals surface area contributed by atoms with E-state index in [4.69, 9.17) is 5.73 Å². The van der Waals surface area contributed by atoms with E-state index in [1.807, 2.05) is 6.92 Å². The molecule has 4 nitrogen and oxygen atoms in total. The summed E-state index contributed by atoms with van der Waals surface area (Å²) < 4.78 is 27.4. The van der Waals surface area contributed by atoms with Gasteiger partial charge in [0.25, 0.3) is 6.43 Å². The molecule has 6 heteroatoms. The Bertz CT molecular complexity index is 563. The quantitative estimate of drug-likeness (QED) is 0.826. The predicted molar refractivity (Wildman–Crippen MR) is 67.0 cm³/mol. The predicted octanol–water partition coefficient (Wildman–Crippen LogP) is 2.99. The average molecular weight is 252 g/mol. The second-order valence-electron chi connectivity index (χ2n) is 4.07. The Kier molecular flexibility index (Phi) is 3.18. The van der Waals surface area contributed by atoms with Crippen LogP contribution in [-0.2, 0) is 7.05 Å². The van der Waals surface area contributed by atoms with E-state index in [1.165, 1.54) is 6.07 Å². The van der Waals surface area contributed by atoms with Crippen LogP contribution in [0.25, 0.3) is 0 Å². The molecule has 0 saturated carbocycles. The van der Waals surface area contributed by atoms with Crippen molar-refractivity contribution in [2.75, 3.05) is 11.1 Å². The lowest BCUT2D eigenvalue weighted by Crippen LogP contribution is -1.98. The number of halogens is 2. The molecular formula is C12H14F2N4. The maximum atomic E-state index is 12.9. The molecule has 2 rings (SSSR count). The minimum atomic E-state index is -2.58. The van der Waals surface area contributed by atoms with Gasteiger partial charge >= 0.3 is 0 Å². The van der Waals surface area contributed by atoms with Crippen LogP contribution in [0.5, 0.6) is 0 Å². The van der Waals surface area contributed by atoms with E-state index in [1.54, 1.807) is 30.1 Å². The van der Waals surface area contributed by atoms with Gasteiger partial charge in [0.15, 0.2) is 0 Å². The topological polar surface area (TPSA) is 55.9 Å². The van der Waals surface area contributed by atoms with Gasteiger partial charge in [-0.3, -0.25) is 4.68 Å². The minimum Gasteiger partial charge on any atom is -0.399 e. The van der Waals surface area contributed by atoms with Crippen molar-refractivity contribution in [1.29, 1.82) is 0 Å². The number of aromatic nitrogens is 2. The van der Waals surface area contributed by atoms with Crippen molar-refractivity contribution in [3.05, 3.63) is 35.7 Å². The van der Waals surface area contributed by atoms with Crippen LogP contribution >= 0.6 is 0 Å². The number of nitrogens with zero attached hydrogens (tertiary/aromatic N) is 2. The summed E-state index contributed by atoms with van der Waals surface area (Å²) >= 11 is 0. The molecule has 0 atom stereocenters. The molecule has 0 aliphatic heterocycles. The summed E-state index contributed by atoms with van der Waals surface area (Å²) in [6, 6.07) is 4.40. The lowest BCUT2D eigenvalue weighted by atomic mass is 10.1. The van der Waals surface area contributed by atoms with Gasteiger partial charge in [-0.25, -0.2) is 8.78 Å². The molecule has 1 heterocycles. The highest BCUT2D eigenvalue weighted by Gasteiger charge is 2.14. The minimum absolute atomic E-state index is 0.113. The van der Waals surface area contributed by atoms with Gasteiger partial charge in [0.1, 0.15) is 0 Å². The van der Waals surface area contributed by atoms with Crippen molar-refractivity contribution in [2.24, 2.45) is 7.05 Å². The van der Waals surface area contributed by atoms with Crippen molar-refractivity contribution in [3.8, 4) is 0 Å². The Hall–Kier alpha value is -2.11. The lowest BCUT2D eigenvalue weighted by molar-refractivity contribution is 0.152. The van der Waals surface area contributed by atoms with Crippen molar-refractivity contribution < 1.29 is 8.78 Å². The van der Waals surface area contributed by atoms with Gasteiger partial charge < -0.3 is 11.1 Å². The SMILES string of the molecule is Cc1nn(C)cc1Nc1ccc(N)cc1C(F)F. The van der Waals surface area contributed by atoms with Crippen LogP contribution in [0.1, 0.15) is 17.7 Å². The number of hydrogen-bond donors (Lipinski definition) is 2. The number of rotatable bonds is 3. The van der Waals surface area contributed by atoms with Gasteiger partial charge in [-0.05, 0) is 25.1 Å². The van der Waals surface area contributed by atoms with Crippen molar-refractivity contribution >= 4 is 17.1 Å². The third-order valence-corrected chi connectivity index (χ3v) is 2.59. The molecule has 2 aromatic rings. The zero-order chi connectivity index (χ0) is 13.3. The Morgan fingerprint density at radius 3 is 2.61 bits per heavy atom. The van der Waals surface area contributed by atoms with Crippen LogP contribution < -0.4 is 11.1 Å². The molecule has 0 unspecified atom stereocenters. The Balaban J connectivity index is 2.37. The molecule has 0 aliphatic carbocycles. The second kappa shape index (κ2) is 4.64. The fourth-order valence-electron chi connectivity index (χ4n) is 1.74. The van der Waals surface area contributed by atoms with E-state index in [-0.39, 0.29) is 5.56 Å². The molecule has 18 heavy (non-hydrogen) atoms. The van der Waals surface area contributed by atoms with Gasteiger partial charge in [0.2, 0.25) is 0 Å². The standard InChI is InChI=1S/C12H14F2N4/c1-7-11(6-18(2)17-7)16-10-4-3-8(15)5-9(10)12(13)14/h3-6,12,16H,15H2,1-2H3. The molecule has 0 aliphatic rings. The lowest BCUT2D eigenvalue weighted by Gasteiger charge is -2.11. The highest BCUT2D eigenvalue weighted by atomic mass is 19.3. The van der Waals surface area contributed by atoms with Crippen LogP contribution in [-0.4, -0.2) is 9.78 Å². The summed E-state index contributed by atoms with van der Waals surface area (Å²) in [5.74, 6) is 0. The van der Waals surface area contributed by atoms with Gasteiger partial charge in [-0.1, -0.05) is 0 Å². The van der Waals surface area contributed by atoms with E-state index in [0.717, 1.165) is 5.69 Å². The normalized spacial score (nSPS) is 10.9. The van der Waals surface area contributed by atoms with Gasteiger partial charge in [0.05, 0.1) is 11.4 Å². The third kappa shape index (κ3) is 2.42. The number of nitrogens with two attached hydrogens (primary N) is 1. The van der Waals surface area contributed by atoms with Crippen molar-refractivity contribution in [3.63, 3.8) is 0 Å². The summed E-state index contributed by atoms with van der Waals surface area (Å²) in [7, 11) is 1.77. The van der Waals surface area contributed by atoms with Crippen LogP contribution in [0, 0.1) is 6.92 Å². The largest absolute Gasteiger partial charge is 0.399 e. The molecule has 0 radical (unpaired) electrons. The molecular weight excluding hydrogens is 238 g/mol. The van der Waals surface area contributed by atoms with Gasteiger partial charge in [-0.15, -0.1) is 0 Å². The highest BCUT2D eigenvalue weighted by molar-refractivity contribution is 5.67.